The lowest BCUT2D eigenvalue weighted by atomic mass is 9.91. The van der Waals surface area contributed by atoms with E-state index >= 15 is 0 Å². The maximum Gasteiger partial charge on any atom is 0.197 e. The average molecular weight is 356 g/mol. The fourth-order valence-electron chi connectivity index (χ4n) is 3.15. The van der Waals surface area contributed by atoms with Crippen molar-refractivity contribution in [3.05, 3.63) is 22.5 Å². The molecule has 1 aliphatic heterocycles. The Balaban J connectivity index is 2.08. The van der Waals surface area contributed by atoms with Crippen molar-refractivity contribution in [1.82, 2.24) is 9.38 Å². The summed E-state index contributed by atoms with van der Waals surface area (Å²) in [5, 5.41) is 0. The van der Waals surface area contributed by atoms with Crippen LogP contribution in [0, 0.1) is 0 Å². The molecular formula is C15H20N2O4S2. The Kier molecular flexibility index (Phi) is 3.52. The number of sulfone groups is 1. The van der Waals surface area contributed by atoms with Crippen molar-refractivity contribution in [2.24, 2.45) is 0 Å². The Morgan fingerprint density at radius 2 is 2.04 bits per heavy atom. The third-order valence-corrected chi connectivity index (χ3v) is 5.96. The highest BCUT2D eigenvalue weighted by Crippen LogP contribution is 2.43. The number of nitrogens with zero attached hydrogens (tertiary/aromatic N) is 2. The zero-order valence-electron chi connectivity index (χ0n) is 13.8. The van der Waals surface area contributed by atoms with Gasteiger partial charge in [-0.3, -0.25) is 9.20 Å². The molecule has 6 nitrogen and oxygen atoms in total. The maximum absolute atomic E-state index is 12.1. The smallest absolute Gasteiger partial charge is 0.197 e. The molecule has 0 radical (unpaired) electrons. The summed E-state index contributed by atoms with van der Waals surface area (Å²) < 4.78 is 30.7. The fraction of sp³-hybridized carbons (Fsp3) is 0.600. The highest BCUT2D eigenvalue weighted by Gasteiger charge is 2.41. The van der Waals surface area contributed by atoms with Crippen molar-refractivity contribution in [3.63, 3.8) is 0 Å². The van der Waals surface area contributed by atoms with Crippen LogP contribution >= 0.6 is 11.3 Å². The first kappa shape index (κ1) is 16.6. The van der Waals surface area contributed by atoms with Crippen LogP contribution in [0.15, 0.2) is 6.20 Å². The molecule has 23 heavy (non-hydrogen) atoms. The zero-order chi connectivity index (χ0) is 17.2. The summed E-state index contributed by atoms with van der Waals surface area (Å²) in [5.74, 6) is -0.983. The van der Waals surface area contributed by atoms with E-state index in [4.69, 9.17) is 4.74 Å². The molecular weight excluding hydrogens is 336 g/mol. The van der Waals surface area contributed by atoms with Crippen LogP contribution in [0.25, 0.3) is 4.96 Å². The van der Waals surface area contributed by atoms with Gasteiger partial charge < -0.3 is 4.74 Å². The molecule has 0 amide bonds. The van der Waals surface area contributed by atoms with Gasteiger partial charge in [0.25, 0.3) is 0 Å². The lowest BCUT2D eigenvalue weighted by Gasteiger charge is -2.40. The van der Waals surface area contributed by atoms with E-state index in [0.717, 1.165) is 16.8 Å². The maximum atomic E-state index is 12.1. The molecule has 0 aromatic carbocycles. The molecule has 0 spiro atoms. The zero-order valence-corrected chi connectivity index (χ0v) is 15.5. The number of fused-ring (bicyclic) bond motifs is 3. The van der Waals surface area contributed by atoms with Crippen LogP contribution in [0.3, 0.4) is 0 Å². The van der Waals surface area contributed by atoms with E-state index in [1.165, 1.54) is 11.3 Å². The molecule has 0 bridgehead atoms. The minimum atomic E-state index is -3.36. The number of ketones is 1. The van der Waals surface area contributed by atoms with Crippen LogP contribution in [0.1, 0.15) is 48.8 Å². The SMILES string of the molecule is CC1(C)Cc2c(sc3nc(C(=O)CS(C)(=O)=O)cn23)C(C)(C)O1. The first-order valence-electron chi connectivity index (χ1n) is 7.30. The largest absolute Gasteiger partial charge is 0.364 e. The number of aromatic nitrogens is 2. The summed E-state index contributed by atoms with van der Waals surface area (Å²) in [7, 11) is -3.36. The van der Waals surface area contributed by atoms with E-state index in [0.29, 0.717) is 11.4 Å². The number of carbonyl (C=O) groups excluding carboxylic acids is 1. The monoisotopic (exact) mass is 356 g/mol. The lowest BCUT2D eigenvalue weighted by molar-refractivity contribution is -0.136. The van der Waals surface area contributed by atoms with E-state index < -0.39 is 27.0 Å². The number of thiazole rings is 1. The van der Waals surface area contributed by atoms with Crippen molar-refractivity contribution in [2.75, 3.05) is 12.0 Å². The Labute approximate surface area is 139 Å². The molecule has 2 aromatic heterocycles. The van der Waals surface area contributed by atoms with Crippen molar-refractivity contribution >= 4 is 31.9 Å². The molecule has 0 saturated carbocycles. The number of Topliss-reactive ketones (excluding diaryl/α,β-unsaturated/α-hetero) is 1. The number of rotatable bonds is 3. The van der Waals surface area contributed by atoms with E-state index in [-0.39, 0.29) is 11.3 Å². The lowest BCUT2D eigenvalue weighted by Crippen LogP contribution is -2.42. The van der Waals surface area contributed by atoms with E-state index in [2.05, 4.69) is 4.98 Å². The quantitative estimate of drug-likeness (QED) is 0.788. The fourth-order valence-corrected chi connectivity index (χ4v) is 4.93. The van der Waals surface area contributed by atoms with Gasteiger partial charge in [0, 0.05) is 24.6 Å². The number of hydrogen-bond acceptors (Lipinski definition) is 6. The molecule has 0 aliphatic carbocycles. The molecule has 0 unspecified atom stereocenters. The molecule has 126 valence electrons. The van der Waals surface area contributed by atoms with Gasteiger partial charge in [0.2, 0.25) is 0 Å². The molecule has 0 atom stereocenters. The van der Waals surface area contributed by atoms with Crippen molar-refractivity contribution in [3.8, 4) is 0 Å². The van der Waals surface area contributed by atoms with Crippen LogP contribution < -0.4 is 0 Å². The van der Waals surface area contributed by atoms with Crippen LogP contribution in [0.4, 0.5) is 0 Å². The third-order valence-electron chi connectivity index (χ3n) is 3.77. The number of hydrogen-bond donors (Lipinski definition) is 0. The van der Waals surface area contributed by atoms with Gasteiger partial charge in [-0.2, -0.15) is 0 Å². The van der Waals surface area contributed by atoms with Gasteiger partial charge in [0.05, 0.1) is 16.1 Å². The summed E-state index contributed by atoms with van der Waals surface area (Å²) in [6.45, 7) is 8.12. The Morgan fingerprint density at radius 1 is 1.39 bits per heavy atom. The Bertz CT molecular complexity index is 903. The van der Waals surface area contributed by atoms with Gasteiger partial charge in [-0.1, -0.05) is 11.3 Å². The van der Waals surface area contributed by atoms with Gasteiger partial charge in [0.15, 0.2) is 20.6 Å². The molecule has 1 aliphatic rings. The predicted octanol–water partition coefficient (Wildman–Crippen LogP) is 2.21. The number of ether oxygens (including phenoxy) is 1. The van der Waals surface area contributed by atoms with Crippen molar-refractivity contribution in [1.29, 1.82) is 0 Å². The minimum Gasteiger partial charge on any atom is -0.364 e. The summed E-state index contributed by atoms with van der Waals surface area (Å²) >= 11 is 1.49. The summed E-state index contributed by atoms with van der Waals surface area (Å²) in [5.41, 5.74) is 0.550. The summed E-state index contributed by atoms with van der Waals surface area (Å²) in [6.07, 6.45) is 3.41. The van der Waals surface area contributed by atoms with Crippen molar-refractivity contribution < 1.29 is 17.9 Å². The van der Waals surface area contributed by atoms with Crippen LogP contribution in [0.5, 0.6) is 0 Å². The first-order valence-corrected chi connectivity index (χ1v) is 10.2. The van der Waals surface area contributed by atoms with Crippen LogP contribution in [0.2, 0.25) is 0 Å². The topological polar surface area (TPSA) is 77.7 Å². The van der Waals surface area contributed by atoms with Gasteiger partial charge in [-0.25, -0.2) is 13.4 Å². The third kappa shape index (κ3) is 3.07. The van der Waals surface area contributed by atoms with Crippen molar-refractivity contribution in [2.45, 2.75) is 45.3 Å². The predicted molar refractivity (Wildman–Crippen MR) is 89.0 cm³/mol. The minimum absolute atomic E-state index is 0.201. The second-order valence-electron chi connectivity index (χ2n) is 7.20. The molecule has 3 heterocycles. The van der Waals surface area contributed by atoms with E-state index in [1.807, 2.05) is 32.1 Å². The standard InChI is InChI=1S/C15H20N2O4S2/c1-14(2)6-10-12(15(3,4)21-14)22-13-16-9(7-17(10)13)11(18)8-23(5,19)20/h7H,6,8H2,1-5H3. The van der Waals surface area contributed by atoms with Crippen LogP contribution in [-0.4, -0.2) is 41.2 Å². The molecule has 2 aromatic rings. The Morgan fingerprint density at radius 3 is 2.65 bits per heavy atom. The van der Waals surface area contributed by atoms with Crippen LogP contribution in [-0.2, 0) is 26.6 Å². The van der Waals surface area contributed by atoms with E-state index in [9.17, 15) is 13.2 Å². The van der Waals surface area contributed by atoms with Gasteiger partial charge in [0.1, 0.15) is 11.4 Å². The second-order valence-corrected chi connectivity index (χ2v) is 10.3. The first-order chi connectivity index (χ1) is 10.4. The molecule has 8 heteroatoms. The normalized spacial score (nSPS) is 19.7. The highest BCUT2D eigenvalue weighted by atomic mass is 32.2. The number of imidazole rings is 1. The Hall–Kier alpha value is -1.25. The average Bonchev–Trinajstić information content (AvgIpc) is 2.84. The molecule has 0 saturated heterocycles. The molecule has 3 rings (SSSR count). The summed E-state index contributed by atoms with van der Waals surface area (Å²) in [6, 6.07) is 0. The highest BCUT2D eigenvalue weighted by molar-refractivity contribution is 7.91. The van der Waals surface area contributed by atoms with Gasteiger partial charge in [-0.15, -0.1) is 0 Å². The number of carbonyl (C=O) groups is 1. The molecule has 0 fully saturated rings. The molecule has 0 N–H and O–H groups in total. The second kappa shape index (κ2) is 4.87. The summed E-state index contributed by atoms with van der Waals surface area (Å²) in [4.78, 5) is 18.2. The van der Waals surface area contributed by atoms with E-state index in [1.54, 1.807) is 6.20 Å². The van der Waals surface area contributed by atoms with Gasteiger partial charge >= 0.3 is 0 Å². The van der Waals surface area contributed by atoms with Gasteiger partial charge in [-0.05, 0) is 27.7 Å².